The van der Waals surface area contributed by atoms with Gasteiger partial charge in [-0.15, -0.1) is 10.2 Å². The van der Waals surface area contributed by atoms with Crippen molar-refractivity contribution in [2.75, 3.05) is 7.05 Å². The van der Waals surface area contributed by atoms with Crippen LogP contribution in [0.1, 0.15) is 30.0 Å². The summed E-state index contributed by atoms with van der Waals surface area (Å²) in [5.74, 6) is 0.897. The third kappa shape index (κ3) is 4.11. The van der Waals surface area contributed by atoms with Gasteiger partial charge in [0.25, 0.3) is 0 Å². The van der Waals surface area contributed by atoms with Gasteiger partial charge in [-0.2, -0.15) is 13.2 Å². The average molecular weight is 361 g/mol. The van der Waals surface area contributed by atoms with Gasteiger partial charge in [-0.3, -0.25) is 4.90 Å². The minimum atomic E-state index is -4.32. The van der Waals surface area contributed by atoms with Gasteiger partial charge >= 0.3 is 6.18 Å². The van der Waals surface area contributed by atoms with Gasteiger partial charge in [-0.1, -0.05) is 30.3 Å². The van der Waals surface area contributed by atoms with Crippen LogP contribution >= 0.6 is 0 Å². The maximum atomic E-state index is 12.6. The van der Waals surface area contributed by atoms with Gasteiger partial charge in [0.15, 0.2) is 0 Å². The summed E-state index contributed by atoms with van der Waals surface area (Å²) < 4.78 is 43.6. The molecule has 1 atom stereocenters. The van der Waals surface area contributed by atoms with Crippen molar-refractivity contribution in [2.24, 2.45) is 0 Å². The lowest BCUT2D eigenvalue weighted by atomic mass is 10.1. The smallest absolute Gasteiger partial charge is 0.416 e. The molecule has 3 aromatic rings. The molecule has 0 radical (unpaired) electrons. The Balaban J connectivity index is 1.68. The number of nitrogens with zero attached hydrogens (tertiary/aromatic N) is 3. The SMILES string of the molecule is C[C@@H](c1nnc(-c2ccccc2)o1)N(C)Cc1ccc(C(F)(F)F)cc1. The Morgan fingerprint density at radius 1 is 1.00 bits per heavy atom. The standard InChI is InChI=1S/C19H18F3N3O/c1-13(17-23-24-18(26-17)15-6-4-3-5-7-15)25(2)12-14-8-10-16(11-9-14)19(20,21)22/h3-11,13H,12H2,1-2H3/t13-/m0/s1. The molecule has 7 heteroatoms. The van der Waals surface area contributed by atoms with E-state index >= 15 is 0 Å². The molecule has 1 aromatic heterocycles. The van der Waals surface area contributed by atoms with Crippen molar-refractivity contribution < 1.29 is 17.6 Å². The van der Waals surface area contributed by atoms with Crippen LogP contribution in [0.3, 0.4) is 0 Å². The highest BCUT2D eigenvalue weighted by atomic mass is 19.4. The van der Waals surface area contributed by atoms with Crippen LogP contribution in [0.4, 0.5) is 13.2 Å². The second kappa shape index (κ2) is 7.29. The predicted molar refractivity (Wildman–Crippen MR) is 91.1 cm³/mol. The van der Waals surface area contributed by atoms with E-state index < -0.39 is 11.7 Å². The molecule has 0 aliphatic rings. The van der Waals surface area contributed by atoms with E-state index in [1.807, 2.05) is 49.2 Å². The van der Waals surface area contributed by atoms with Crippen molar-refractivity contribution in [3.8, 4) is 11.5 Å². The molecule has 0 saturated heterocycles. The number of hydrogen-bond acceptors (Lipinski definition) is 4. The summed E-state index contributed by atoms with van der Waals surface area (Å²) >= 11 is 0. The van der Waals surface area contributed by atoms with Gasteiger partial charge in [0.05, 0.1) is 11.6 Å². The van der Waals surface area contributed by atoms with E-state index in [9.17, 15) is 13.2 Å². The molecule has 0 aliphatic carbocycles. The number of rotatable bonds is 5. The Bertz CT molecular complexity index is 844. The molecule has 0 N–H and O–H groups in total. The molecule has 0 unspecified atom stereocenters. The lowest BCUT2D eigenvalue weighted by Crippen LogP contribution is -2.22. The van der Waals surface area contributed by atoms with Crippen LogP contribution in [0.5, 0.6) is 0 Å². The van der Waals surface area contributed by atoms with Crippen molar-refractivity contribution in [1.29, 1.82) is 0 Å². The second-order valence-electron chi connectivity index (χ2n) is 6.10. The molecule has 3 rings (SSSR count). The summed E-state index contributed by atoms with van der Waals surface area (Å²) in [6.45, 7) is 2.37. The average Bonchev–Trinajstić information content (AvgIpc) is 3.11. The molecular weight excluding hydrogens is 343 g/mol. The number of benzene rings is 2. The zero-order valence-corrected chi connectivity index (χ0v) is 14.4. The summed E-state index contributed by atoms with van der Waals surface area (Å²) in [6, 6.07) is 14.4. The van der Waals surface area contributed by atoms with Crippen LogP contribution in [0.25, 0.3) is 11.5 Å². The number of hydrogen-bond donors (Lipinski definition) is 0. The van der Waals surface area contributed by atoms with Crippen molar-refractivity contribution in [1.82, 2.24) is 15.1 Å². The van der Waals surface area contributed by atoms with Crippen molar-refractivity contribution in [3.05, 3.63) is 71.6 Å². The monoisotopic (exact) mass is 361 g/mol. The Morgan fingerprint density at radius 3 is 2.27 bits per heavy atom. The van der Waals surface area contributed by atoms with Gasteiger partial charge in [0, 0.05) is 12.1 Å². The zero-order chi connectivity index (χ0) is 18.7. The van der Waals surface area contributed by atoms with E-state index in [0.717, 1.165) is 23.3 Å². The Hall–Kier alpha value is -2.67. The third-order valence-electron chi connectivity index (χ3n) is 4.19. The maximum absolute atomic E-state index is 12.6. The van der Waals surface area contributed by atoms with Crippen molar-refractivity contribution >= 4 is 0 Å². The molecule has 4 nitrogen and oxygen atoms in total. The Kier molecular flexibility index (Phi) is 5.08. The van der Waals surface area contributed by atoms with Crippen LogP contribution in [0, 0.1) is 0 Å². The van der Waals surface area contributed by atoms with Gasteiger partial charge in [0.1, 0.15) is 0 Å². The number of aromatic nitrogens is 2. The highest BCUT2D eigenvalue weighted by Crippen LogP contribution is 2.30. The number of alkyl halides is 3. The fourth-order valence-electron chi connectivity index (χ4n) is 2.51. The first-order chi connectivity index (χ1) is 12.3. The molecule has 26 heavy (non-hydrogen) atoms. The lowest BCUT2D eigenvalue weighted by molar-refractivity contribution is -0.137. The molecule has 1 heterocycles. The van der Waals surface area contributed by atoms with Gasteiger partial charge in [-0.25, -0.2) is 0 Å². The Morgan fingerprint density at radius 2 is 1.65 bits per heavy atom. The largest absolute Gasteiger partial charge is 0.419 e. The van der Waals surface area contributed by atoms with E-state index in [2.05, 4.69) is 10.2 Å². The van der Waals surface area contributed by atoms with Crippen LogP contribution < -0.4 is 0 Å². The zero-order valence-electron chi connectivity index (χ0n) is 14.4. The van der Waals surface area contributed by atoms with E-state index in [-0.39, 0.29) is 6.04 Å². The van der Waals surface area contributed by atoms with E-state index in [1.54, 1.807) is 0 Å². The highest BCUT2D eigenvalue weighted by molar-refractivity contribution is 5.51. The summed E-state index contributed by atoms with van der Waals surface area (Å²) in [4.78, 5) is 1.94. The lowest BCUT2D eigenvalue weighted by Gasteiger charge is -2.22. The molecule has 0 fully saturated rings. The number of halogens is 3. The van der Waals surface area contributed by atoms with Crippen LogP contribution in [0.2, 0.25) is 0 Å². The molecule has 0 saturated carbocycles. The maximum Gasteiger partial charge on any atom is 0.416 e. The minimum absolute atomic E-state index is 0.178. The van der Waals surface area contributed by atoms with Crippen molar-refractivity contribution in [2.45, 2.75) is 25.7 Å². The van der Waals surface area contributed by atoms with Crippen LogP contribution in [-0.4, -0.2) is 22.1 Å². The second-order valence-corrected chi connectivity index (χ2v) is 6.10. The molecule has 136 valence electrons. The van der Waals surface area contributed by atoms with Gasteiger partial charge in [-0.05, 0) is 43.8 Å². The van der Waals surface area contributed by atoms with E-state index in [0.29, 0.717) is 18.3 Å². The minimum Gasteiger partial charge on any atom is -0.419 e. The van der Waals surface area contributed by atoms with E-state index in [1.165, 1.54) is 12.1 Å². The highest BCUT2D eigenvalue weighted by Gasteiger charge is 2.30. The Labute approximate surface area is 149 Å². The normalized spacial score (nSPS) is 13.2. The third-order valence-corrected chi connectivity index (χ3v) is 4.19. The fraction of sp³-hybridized carbons (Fsp3) is 0.263. The summed E-state index contributed by atoms with van der Waals surface area (Å²) in [5.41, 5.74) is 0.959. The molecule has 0 aliphatic heterocycles. The van der Waals surface area contributed by atoms with Crippen molar-refractivity contribution in [3.63, 3.8) is 0 Å². The quantitative estimate of drug-likeness (QED) is 0.645. The molecule has 0 spiro atoms. The van der Waals surface area contributed by atoms with Gasteiger partial charge in [0.2, 0.25) is 11.8 Å². The summed E-state index contributed by atoms with van der Waals surface area (Å²) in [7, 11) is 1.86. The van der Waals surface area contributed by atoms with Crippen LogP contribution in [0.15, 0.2) is 59.0 Å². The summed E-state index contributed by atoms with van der Waals surface area (Å²) in [6.07, 6.45) is -4.32. The van der Waals surface area contributed by atoms with Crippen LogP contribution in [-0.2, 0) is 12.7 Å². The topological polar surface area (TPSA) is 42.2 Å². The van der Waals surface area contributed by atoms with E-state index in [4.69, 9.17) is 4.42 Å². The predicted octanol–water partition coefficient (Wildman–Crippen LogP) is 4.95. The first-order valence-electron chi connectivity index (χ1n) is 8.10. The fourth-order valence-corrected chi connectivity index (χ4v) is 2.51. The first-order valence-corrected chi connectivity index (χ1v) is 8.10. The molecular formula is C19H18F3N3O. The first kappa shape index (κ1) is 18.1. The van der Waals surface area contributed by atoms with Gasteiger partial charge < -0.3 is 4.42 Å². The molecule has 0 amide bonds. The molecule has 0 bridgehead atoms. The summed E-state index contributed by atoms with van der Waals surface area (Å²) in [5, 5.41) is 8.16. The molecule has 2 aromatic carbocycles.